The van der Waals surface area contributed by atoms with E-state index in [4.69, 9.17) is 14.2 Å². The molecule has 7 nitrogen and oxygen atoms in total. The third-order valence-corrected chi connectivity index (χ3v) is 4.32. The summed E-state index contributed by atoms with van der Waals surface area (Å²) < 4.78 is 19.9. The molecule has 0 N–H and O–H groups in total. The summed E-state index contributed by atoms with van der Waals surface area (Å²) in [5.41, 5.74) is 1.63. The molecule has 0 heterocycles. The van der Waals surface area contributed by atoms with Crippen LogP contribution in [0.4, 0.5) is 4.79 Å². The van der Waals surface area contributed by atoms with E-state index in [1.807, 2.05) is 30.3 Å². The van der Waals surface area contributed by atoms with E-state index in [1.54, 1.807) is 50.3 Å². The summed E-state index contributed by atoms with van der Waals surface area (Å²) in [6.07, 6.45) is 1.54. The molecule has 0 aliphatic rings. The molecule has 1 unspecified atom stereocenters. The molecule has 172 valence electrons. The number of benzene rings is 2. The van der Waals surface area contributed by atoms with E-state index < -0.39 is 30.1 Å². The maximum absolute atomic E-state index is 12.5. The molecule has 0 saturated carbocycles. The second-order valence-electron chi connectivity index (χ2n) is 6.56. The minimum absolute atomic E-state index is 0.113. The van der Waals surface area contributed by atoms with Gasteiger partial charge in [0.25, 0.3) is 0 Å². The Labute approximate surface area is 193 Å². The third kappa shape index (κ3) is 7.86. The first kappa shape index (κ1) is 25.2. The van der Waals surface area contributed by atoms with Crippen molar-refractivity contribution in [3.05, 3.63) is 77.4 Å². The van der Waals surface area contributed by atoms with Crippen LogP contribution in [0.1, 0.15) is 36.5 Å². The molecule has 0 amide bonds. The van der Waals surface area contributed by atoms with Crippen molar-refractivity contribution in [3.63, 3.8) is 0 Å². The summed E-state index contributed by atoms with van der Waals surface area (Å²) in [6.45, 7) is 3.53. The van der Waals surface area contributed by atoms with Gasteiger partial charge in [0, 0.05) is 5.56 Å². The summed E-state index contributed by atoms with van der Waals surface area (Å²) in [4.78, 5) is 36.7. The highest BCUT2D eigenvalue weighted by Crippen LogP contribution is 2.23. The summed E-state index contributed by atoms with van der Waals surface area (Å²) in [6, 6.07) is 16.1. The van der Waals surface area contributed by atoms with Gasteiger partial charge in [-0.1, -0.05) is 60.5 Å². The van der Waals surface area contributed by atoms with Crippen LogP contribution in [-0.2, 0) is 28.5 Å². The molecule has 7 heteroatoms. The van der Waals surface area contributed by atoms with Gasteiger partial charge in [0.05, 0.1) is 20.3 Å². The Balaban J connectivity index is 2.42. The van der Waals surface area contributed by atoms with Crippen LogP contribution in [0.5, 0.6) is 0 Å². The SMILES string of the molecule is CCOC(=O)C(C(=O)OCC)c1ccccc1C#CC(/C=C/c1ccccc1)OC(=O)OC. The van der Waals surface area contributed by atoms with Crippen molar-refractivity contribution in [1.82, 2.24) is 0 Å². The molecule has 0 radical (unpaired) electrons. The number of hydrogen-bond acceptors (Lipinski definition) is 7. The van der Waals surface area contributed by atoms with Crippen LogP contribution in [-0.4, -0.2) is 44.5 Å². The summed E-state index contributed by atoms with van der Waals surface area (Å²) >= 11 is 0. The van der Waals surface area contributed by atoms with Gasteiger partial charge in [0.1, 0.15) is 0 Å². The highest BCUT2D eigenvalue weighted by Gasteiger charge is 2.33. The quantitative estimate of drug-likeness (QED) is 0.259. The summed E-state index contributed by atoms with van der Waals surface area (Å²) in [5.74, 6) is 3.02. The molecule has 0 aliphatic heterocycles. The first-order chi connectivity index (χ1) is 16.0. The summed E-state index contributed by atoms with van der Waals surface area (Å²) in [7, 11) is 1.20. The summed E-state index contributed by atoms with van der Waals surface area (Å²) in [5, 5.41) is 0. The van der Waals surface area contributed by atoms with Crippen molar-refractivity contribution in [2.24, 2.45) is 0 Å². The monoisotopic (exact) mass is 450 g/mol. The van der Waals surface area contributed by atoms with E-state index >= 15 is 0 Å². The van der Waals surface area contributed by atoms with Crippen LogP contribution in [0, 0.1) is 11.8 Å². The number of hydrogen-bond donors (Lipinski definition) is 0. The number of rotatable bonds is 8. The molecule has 0 bridgehead atoms. The minimum atomic E-state index is -1.28. The average Bonchev–Trinajstić information content (AvgIpc) is 2.82. The molecule has 2 aromatic rings. The van der Waals surface area contributed by atoms with E-state index in [0.717, 1.165) is 5.56 Å². The van der Waals surface area contributed by atoms with Crippen molar-refractivity contribution in [2.75, 3.05) is 20.3 Å². The zero-order chi connectivity index (χ0) is 24.1. The van der Waals surface area contributed by atoms with Crippen LogP contribution >= 0.6 is 0 Å². The third-order valence-electron chi connectivity index (χ3n) is 4.32. The van der Waals surface area contributed by atoms with E-state index in [0.29, 0.717) is 11.1 Å². The molecule has 0 spiro atoms. The van der Waals surface area contributed by atoms with E-state index in [1.165, 1.54) is 7.11 Å². The molecule has 0 aromatic heterocycles. The smallest absolute Gasteiger partial charge is 0.465 e. The zero-order valence-corrected chi connectivity index (χ0v) is 18.8. The highest BCUT2D eigenvalue weighted by atomic mass is 16.7. The zero-order valence-electron chi connectivity index (χ0n) is 18.8. The van der Waals surface area contributed by atoms with E-state index in [2.05, 4.69) is 16.6 Å². The van der Waals surface area contributed by atoms with Gasteiger partial charge < -0.3 is 18.9 Å². The predicted molar refractivity (Wildman–Crippen MR) is 122 cm³/mol. The van der Waals surface area contributed by atoms with Crippen LogP contribution < -0.4 is 0 Å². The minimum Gasteiger partial charge on any atom is -0.465 e. The fourth-order valence-electron chi connectivity index (χ4n) is 2.84. The molecular formula is C26H26O7. The normalized spacial score (nSPS) is 11.3. The Bertz CT molecular complexity index is 1010. The van der Waals surface area contributed by atoms with Crippen molar-refractivity contribution >= 4 is 24.2 Å². The second-order valence-corrected chi connectivity index (χ2v) is 6.56. The maximum atomic E-state index is 12.5. The predicted octanol–water partition coefficient (Wildman–Crippen LogP) is 4.11. The lowest BCUT2D eigenvalue weighted by Gasteiger charge is -2.16. The van der Waals surface area contributed by atoms with E-state index in [-0.39, 0.29) is 13.2 Å². The Kier molecular flexibility index (Phi) is 10.2. The van der Waals surface area contributed by atoms with Crippen molar-refractivity contribution in [1.29, 1.82) is 0 Å². The Hall–Kier alpha value is -4.05. The van der Waals surface area contributed by atoms with Gasteiger partial charge >= 0.3 is 18.1 Å². The number of carbonyl (C=O) groups excluding carboxylic acids is 3. The first-order valence-corrected chi connectivity index (χ1v) is 10.4. The van der Waals surface area contributed by atoms with Crippen molar-refractivity contribution < 1.29 is 33.3 Å². The fourth-order valence-corrected chi connectivity index (χ4v) is 2.84. The molecule has 33 heavy (non-hydrogen) atoms. The number of ether oxygens (including phenoxy) is 4. The van der Waals surface area contributed by atoms with Gasteiger partial charge in [-0.3, -0.25) is 9.59 Å². The van der Waals surface area contributed by atoms with Crippen LogP contribution in [0.25, 0.3) is 6.08 Å². The highest BCUT2D eigenvalue weighted by molar-refractivity contribution is 6.01. The molecule has 1 atom stereocenters. The van der Waals surface area contributed by atoms with E-state index in [9.17, 15) is 14.4 Å². The van der Waals surface area contributed by atoms with Crippen molar-refractivity contribution in [3.8, 4) is 11.8 Å². The molecular weight excluding hydrogens is 424 g/mol. The van der Waals surface area contributed by atoms with Crippen molar-refractivity contribution in [2.45, 2.75) is 25.9 Å². The molecule has 0 aliphatic carbocycles. The number of methoxy groups -OCH3 is 1. The number of esters is 2. The molecule has 0 saturated heterocycles. The van der Waals surface area contributed by atoms with Crippen LogP contribution in [0.2, 0.25) is 0 Å². The lowest BCUT2D eigenvalue weighted by molar-refractivity contribution is -0.156. The maximum Gasteiger partial charge on any atom is 0.509 e. The second kappa shape index (κ2) is 13.4. The van der Waals surface area contributed by atoms with Gasteiger partial charge in [0.2, 0.25) is 0 Å². The Morgan fingerprint density at radius 2 is 1.52 bits per heavy atom. The first-order valence-electron chi connectivity index (χ1n) is 10.4. The molecule has 0 fully saturated rings. The van der Waals surface area contributed by atoms with Crippen LogP contribution in [0.15, 0.2) is 60.7 Å². The Morgan fingerprint density at radius 3 is 2.12 bits per heavy atom. The molecule has 2 rings (SSSR count). The van der Waals surface area contributed by atoms with Gasteiger partial charge in [-0.05, 0) is 43.0 Å². The lowest BCUT2D eigenvalue weighted by Crippen LogP contribution is -2.27. The van der Waals surface area contributed by atoms with Gasteiger partial charge in [-0.15, -0.1) is 0 Å². The fraction of sp³-hybridized carbons (Fsp3) is 0.269. The number of carbonyl (C=O) groups is 3. The standard InChI is InChI=1S/C26H26O7/c1-4-31-24(27)23(25(28)32-5-2)22-14-10-9-13-20(22)16-18-21(33-26(29)30-3)17-15-19-11-7-6-8-12-19/h6-15,17,21,23H,4-5H2,1-3H3/b17-15+. The van der Waals surface area contributed by atoms with Crippen LogP contribution in [0.3, 0.4) is 0 Å². The van der Waals surface area contributed by atoms with Gasteiger partial charge in [-0.25, -0.2) is 4.79 Å². The lowest BCUT2D eigenvalue weighted by atomic mass is 9.94. The largest absolute Gasteiger partial charge is 0.509 e. The Morgan fingerprint density at radius 1 is 0.909 bits per heavy atom. The van der Waals surface area contributed by atoms with Gasteiger partial charge in [-0.2, -0.15) is 0 Å². The average molecular weight is 450 g/mol. The van der Waals surface area contributed by atoms with Gasteiger partial charge in [0.15, 0.2) is 12.0 Å². The molecule has 2 aromatic carbocycles. The topological polar surface area (TPSA) is 88.1 Å².